The van der Waals surface area contributed by atoms with Gasteiger partial charge < -0.3 is 4.57 Å². The van der Waals surface area contributed by atoms with Crippen LogP contribution in [0.15, 0.2) is 61.2 Å². The van der Waals surface area contributed by atoms with E-state index in [-0.39, 0.29) is 6.04 Å². The molecule has 2 aromatic carbocycles. The highest BCUT2D eigenvalue weighted by atomic mass is 35.5. The second kappa shape index (κ2) is 7.05. The minimum atomic E-state index is 0.0498. The Morgan fingerprint density at radius 2 is 1.88 bits per heavy atom. The van der Waals surface area contributed by atoms with Crippen molar-refractivity contribution in [1.82, 2.24) is 9.55 Å². The molecule has 1 aromatic heterocycles. The van der Waals surface area contributed by atoms with Gasteiger partial charge in [0, 0.05) is 17.4 Å². The summed E-state index contributed by atoms with van der Waals surface area (Å²) in [6.07, 6.45) is 11.1. The van der Waals surface area contributed by atoms with Crippen LogP contribution < -0.4 is 0 Å². The van der Waals surface area contributed by atoms with Gasteiger partial charge in [-0.2, -0.15) is 0 Å². The van der Waals surface area contributed by atoms with Gasteiger partial charge in [0.15, 0.2) is 0 Å². The maximum atomic E-state index is 6.54. The van der Waals surface area contributed by atoms with Crippen molar-refractivity contribution >= 4 is 11.6 Å². The van der Waals surface area contributed by atoms with Crippen LogP contribution in [0, 0.1) is 6.92 Å². The van der Waals surface area contributed by atoms with Crippen molar-refractivity contribution in [2.24, 2.45) is 0 Å². The Labute approximate surface area is 154 Å². The first-order valence-corrected chi connectivity index (χ1v) is 9.44. The van der Waals surface area contributed by atoms with Crippen LogP contribution in [-0.2, 0) is 0 Å². The van der Waals surface area contributed by atoms with E-state index in [2.05, 4.69) is 40.7 Å². The third-order valence-electron chi connectivity index (χ3n) is 5.44. The highest BCUT2D eigenvalue weighted by Gasteiger charge is 2.22. The second-order valence-electron chi connectivity index (χ2n) is 7.03. The summed E-state index contributed by atoms with van der Waals surface area (Å²) in [7, 11) is 0. The summed E-state index contributed by atoms with van der Waals surface area (Å²) in [6.45, 7) is 2.22. The molecule has 0 saturated heterocycles. The fourth-order valence-corrected chi connectivity index (χ4v) is 4.37. The molecule has 1 unspecified atom stereocenters. The van der Waals surface area contributed by atoms with E-state index < -0.39 is 0 Å². The molecule has 0 spiro atoms. The van der Waals surface area contributed by atoms with E-state index in [0.717, 1.165) is 16.5 Å². The maximum absolute atomic E-state index is 6.54. The van der Waals surface area contributed by atoms with E-state index in [1.165, 1.54) is 42.4 Å². The average molecular weight is 351 g/mol. The van der Waals surface area contributed by atoms with Crippen LogP contribution in [0.2, 0.25) is 5.02 Å². The molecule has 4 rings (SSSR count). The lowest BCUT2D eigenvalue weighted by Gasteiger charge is -2.24. The molecule has 3 heteroatoms. The van der Waals surface area contributed by atoms with E-state index in [1.807, 2.05) is 36.9 Å². The highest BCUT2D eigenvalue weighted by molar-refractivity contribution is 6.31. The molecule has 1 fully saturated rings. The summed E-state index contributed by atoms with van der Waals surface area (Å²) in [5.41, 5.74) is 5.21. The molecule has 0 bridgehead atoms. The Hall–Kier alpha value is -2.06. The van der Waals surface area contributed by atoms with Crippen LogP contribution in [0.25, 0.3) is 0 Å². The van der Waals surface area contributed by atoms with E-state index >= 15 is 0 Å². The molecule has 0 radical (unpaired) electrons. The molecule has 0 amide bonds. The lowest BCUT2D eigenvalue weighted by atomic mass is 9.89. The monoisotopic (exact) mass is 350 g/mol. The Bertz CT molecular complexity index is 848. The Morgan fingerprint density at radius 3 is 2.56 bits per heavy atom. The number of imidazole rings is 1. The smallest absolute Gasteiger partial charge is 0.0954 e. The maximum Gasteiger partial charge on any atom is 0.0954 e. The molecule has 1 aliphatic carbocycles. The van der Waals surface area contributed by atoms with Gasteiger partial charge in [-0.25, -0.2) is 4.98 Å². The van der Waals surface area contributed by atoms with Gasteiger partial charge >= 0.3 is 0 Å². The van der Waals surface area contributed by atoms with Gasteiger partial charge in [-0.05, 0) is 54.0 Å². The molecular weight excluding hydrogens is 328 g/mol. The number of aryl methyl sites for hydroxylation is 1. The number of hydrogen-bond acceptors (Lipinski definition) is 1. The Kier molecular flexibility index (Phi) is 4.63. The molecule has 128 valence electrons. The zero-order chi connectivity index (χ0) is 17.2. The Morgan fingerprint density at radius 1 is 1.08 bits per heavy atom. The number of nitrogens with zero attached hydrogens (tertiary/aromatic N) is 2. The van der Waals surface area contributed by atoms with Gasteiger partial charge in [-0.15, -0.1) is 0 Å². The quantitative estimate of drug-likeness (QED) is 0.552. The van der Waals surface area contributed by atoms with Gasteiger partial charge in [0.05, 0.1) is 12.4 Å². The Balaban J connectivity index is 1.79. The van der Waals surface area contributed by atoms with Crippen LogP contribution >= 0.6 is 11.6 Å². The molecule has 25 heavy (non-hydrogen) atoms. The average Bonchev–Trinajstić information content (AvgIpc) is 3.32. The fraction of sp³-hybridized carbons (Fsp3) is 0.318. The summed E-state index contributed by atoms with van der Waals surface area (Å²) in [4.78, 5) is 4.25. The largest absolute Gasteiger partial charge is 0.326 e. The zero-order valence-electron chi connectivity index (χ0n) is 14.5. The van der Waals surface area contributed by atoms with Gasteiger partial charge in [-0.1, -0.05) is 60.8 Å². The molecule has 1 saturated carbocycles. The van der Waals surface area contributed by atoms with Gasteiger partial charge in [-0.3, -0.25) is 0 Å². The van der Waals surface area contributed by atoms with Crippen LogP contribution in [0.3, 0.4) is 0 Å². The molecule has 1 atom stereocenters. The standard InChI is InChI=1S/C22H23ClN2/c1-16-14-18(17-6-2-3-7-17)10-11-19(16)22(25-13-12-24-15-25)20-8-4-5-9-21(20)23/h4-5,8-15,17,22H,2-3,6-7H2,1H3. The van der Waals surface area contributed by atoms with Crippen molar-refractivity contribution in [3.8, 4) is 0 Å². The third-order valence-corrected chi connectivity index (χ3v) is 5.78. The van der Waals surface area contributed by atoms with Gasteiger partial charge in [0.1, 0.15) is 0 Å². The van der Waals surface area contributed by atoms with Gasteiger partial charge in [0.2, 0.25) is 0 Å². The predicted octanol–water partition coefficient (Wildman–Crippen LogP) is 6.14. The van der Waals surface area contributed by atoms with Crippen LogP contribution in [0.5, 0.6) is 0 Å². The van der Waals surface area contributed by atoms with Crippen molar-refractivity contribution in [1.29, 1.82) is 0 Å². The highest BCUT2D eigenvalue weighted by Crippen LogP contribution is 2.38. The molecule has 0 N–H and O–H groups in total. The zero-order valence-corrected chi connectivity index (χ0v) is 15.3. The van der Waals surface area contributed by atoms with Crippen molar-refractivity contribution in [3.63, 3.8) is 0 Å². The van der Waals surface area contributed by atoms with Crippen molar-refractivity contribution in [3.05, 3.63) is 88.5 Å². The molecule has 1 aliphatic rings. The third kappa shape index (κ3) is 3.23. The summed E-state index contributed by atoms with van der Waals surface area (Å²) < 4.78 is 2.14. The molecule has 0 aliphatic heterocycles. The summed E-state index contributed by atoms with van der Waals surface area (Å²) in [5.74, 6) is 0.736. The lowest BCUT2D eigenvalue weighted by molar-refractivity contribution is 0.669. The fourth-order valence-electron chi connectivity index (χ4n) is 4.13. The first kappa shape index (κ1) is 16.4. The summed E-state index contributed by atoms with van der Waals surface area (Å²) in [5, 5.41) is 0.792. The van der Waals surface area contributed by atoms with Crippen molar-refractivity contribution in [2.75, 3.05) is 0 Å². The van der Waals surface area contributed by atoms with Crippen molar-refractivity contribution in [2.45, 2.75) is 44.6 Å². The van der Waals surface area contributed by atoms with E-state index in [0.29, 0.717) is 0 Å². The van der Waals surface area contributed by atoms with E-state index in [9.17, 15) is 0 Å². The topological polar surface area (TPSA) is 17.8 Å². The van der Waals surface area contributed by atoms with E-state index in [1.54, 1.807) is 0 Å². The van der Waals surface area contributed by atoms with Crippen LogP contribution in [-0.4, -0.2) is 9.55 Å². The molecule has 1 heterocycles. The first-order valence-electron chi connectivity index (χ1n) is 9.06. The number of rotatable bonds is 4. The molecular formula is C22H23ClN2. The second-order valence-corrected chi connectivity index (χ2v) is 7.44. The summed E-state index contributed by atoms with van der Waals surface area (Å²) >= 11 is 6.54. The normalized spacial score (nSPS) is 16.2. The number of hydrogen-bond donors (Lipinski definition) is 0. The van der Waals surface area contributed by atoms with E-state index in [4.69, 9.17) is 11.6 Å². The minimum Gasteiger partial charge on any atom is -0.326 e. The van der Waals surface area contributed by atoms with Crippen LogP contribution in [0.1, 0.15) is 59.9 Å². The van der Waals surface area contributed by atoms with Gasteiger partial charge in [0.25, 0.3) is 0 Å². The SMILES string of the molecule is Cc1cc(C2CCCC2)ccc1C(c1ccccc1Cl)n1ccnc1. The molecule has 3 aromatic rings. The van der Waals surface area contributed by atoms with Crippen molar-refractivity contribution < 1.29 is 0 Å². The first-order chi connectivity index (χ1) is 12.2. The van der Waals surface area contributed by atoms with Crippen LogP contribution in [0.4, 0.5) is 0 Å². The summed E-state index contributed by atoms with van der Waals surface area (Å²) in [6, 6.07) is 15.1. The minimum absolute atomic E-state index is 0.0498. The molecule has 2 nitrogen and oxygen atoms in total. The number of halogens is 1. The predicted molar refractivity (Wildman–Crippen MR) is 103 cm³/mol. The number of aromatic nitrogens is 2. The lowest BCUT2D eigenvalue weighted by Crippen LogP contribution is -2.13. The number of benzene rings is 2.